The van der Waals surface area contributed by atoms with Gasteiger partial charge in [0.2, 0.25) is 0 Å². The zero-order chi connectivity index (χ0) is 14.4. The SMILES string of the molecule is C=C(C)c1ccc(OC(CCC)OC2CCCC2)cc1. The second-order valence-electron chi connectivity index (χ2n) is 5.68. The summed E-state index contributed by atoms with van der Waals surface area (Å²) in [7, 11) is 0. The maximum atomic E-state index is 6.09. The standard InChI is InChI=1S/C18H26O2/c1-4-7-18(19-16-8-5-6-9-16)20-17-12-10-15(11-13-17)14(2)3/h10-13,16,18H,2,4-9H2,1,3H3. The van der Waals surface area contributed by atoms with Gasteiger partial charge >= 0.3 is 0 Å². The van der Waals surface area contributed by atoms with Gasteiger partial charge in [-0.3, -0.25) is 0 Å². The lowest BCUT2D eigenvalue weighted by atomic mass is 10.1. The summed E-state index contributed by atoms with van der Waals surface area (Å²) in [4.78, 5) is 0. The molecule has 1 aromatic rings. The minimum absolute atomic E-state index is 0.112. The van der Waals surface area contributed by atoms with Crippen molar-refractivity contribution in [1.29, 1.82) is 0 Å². The van der Waals surface area contributed by atoms with Gasteiger partial charge in [-0.1, -0.05) is 50.5 Å². The zero-order valence-electron chi connectivity index (χ0n) is 12.7. The maximum absolute atomic E-state index is 6.09. The van der Waals surface area contributed by atoms with Crippen LogP contribution in [0.4, 0.5) is 0 Å². The van der Waals surface area contributed by atoms with E-state index in [1.807, 2.05) is 19.1 Å². The number of benzene rings is 1. The molecule has 0 aliphatic heterocycles. The van der Waals surface area contributed by atoms with Gasteiger partial charge in [0.1, 0.15) is 5.75 Å². The van der Waals surface area contributed by atoms with E-state index in [9.17, 15) is 0 Å². The number of rotatable bonds is 7. The van der Waals surface area contributed by atoms with E-state index in [4.69, 9.17) is 9.47 Å². The maximum Gasteiger partial charge on any atom is 0.200 e. The van der Waals surface area contributed by atoms with Gasteiger partial charge in [-0.25, -0.2) is 0 Å². The van der Waals surface area contributed by atoms with Crippen LogP contribution >= 0.6 is 0 Å². The zero-order valence-corrected chi connectivity index (χ0v) is 12.7. The van der Waals surface area contributed by atoms with Crippen molar-refractivity contribution in [2.24, 2.45) is 0 Å². The van der Waals surface area contributed by atoms with Gasteiger partial charge in [0.25, 0.3) is 0 Å². The Morgan fingerprint density at radius 3 is 2.45 bits per heavy atom. The third-order valence-electron chi connectivity index (χ3n) is 3.79. The van der Waals surface area contributed by atoms with Crippen LogP contribution in [0.1, 0.15) is 57.9 Å². The van der Waals surface area contributed by atoms with E-state index in [-0.39, 0.29) is 6.29 Å². The van der Waals surface area contributed by atoms with Gasteiger partial charge in [0.15, 0.2) is 6.29 Å². The van der Waals surface area contributed by atoms with E-state index in [1.165, 1.54) is 25.7 Å². The Morgan fingerprint density at radius 2 is 1.90 bits per heavy atom. The monoisotopic (exact) mass is 274 g/mol. The van der Waals surface area contributed by atoms with E-state index >= 15 is 0 Å². The quantitative estimate of drug-likeness (QED) is 0.637. The normalized spacial score (nSPS) is 17.1. The van der Waals surface area contributed by atoms with Crippen LogP contribution in [-0.2, 0) is 4.74 Å². The Bertz CT molecular complexity index is 416. The summed E-state index contributed by atoms with van der Waals surface area (Å²) in [5.41, 5.74) is 2.23. The van der Waals surface area contributed by atoms with Gasteiger partial charge in [-0.15, -0.1) is 0 Å². The molecule has 1 saturated carbocycles. The molecule has 0 bridgehead atoms. The fourth-order valence-electron chi connectivity index (χ4n) is 2.60. The van der Waals surface area contributed by atoms with Crippen molar-refractivity contribution < 1.29 is 9.47 Å². The highest BCUT2D eigenvalue weighted by Gasteiger charge is 2.21. The molecule has 1 unspecified atom stereocenters. The molecule has 1 aliphatic carbocycles. The van der Waals surface area contributed by atoms with E-state index in [2.05, 4.69) is 25.6 Å². The van der Waals surface area contributed by atoms with Crippen LogP contribution in [0.5, 0.6) is 5.75 Å². The highest BCUT2D eigenvalue weighted by Crippen LogP contribution is 2.25. The molecule has 2 nitrogen and oxygen atoms in total. The molecule has 1 aliphatic rings. The van der Waals surface area contributed by atoms with Crippen molar-refractivity contribution >= 4 is 5.57 Å². The highest BCUT2D eigenvalue weighted by atomic mass is 16.7. The average molecular weight is 274 g/mol. The number of hydrogen-bond donors (Lipinski definition) is 0. The minimum Gasteiger partial charge on any atom is -0.465 e. The van der Waals surface area contributed by atoms with Crippen LogP contribution in [0.25, 0.3) is 5.57 Å². The summed E-state index contributed by atoms with van der Waals surface area (Å²) >= 11 is 0. The number of hydrogen-bond acceptors (Lipinski definition) is 2. The Balaban J connectivity index is 1.93. The van der Waals surface area contributed by atoms with Crippen LogP contribution in [0, 0.1) is 0 Å². The third-order valence-corrected chi connectivity index (χ3v) is 3.79. The Labute approximate surface area is 122 Å². The van der Waals surface area contributed by atoms with Crippen LogP contribution in [0.3, 0.4) is 0 Å². The minimum atomic E-state index is -0.112. The lowest BCUT2D eigenvalue weighted by Gasteiger charge is -2.23. The molecular weight excluding hydrogens is 248 g/mol. The molecule has 20 heavy (non-hydrogen) atoms. The van der Waals surface area contributed by atoms with E-state index in [0.29, 0.717) is 6.10 Å². The molecular formula is C18H26O2. The summed E-state index contributed by atoms with van der Waals surface area (Å²) in [6.45, 7) is 8.13. The predicted molar refractivity (Wildman–Crippen MR) is 83.8 cm³/mol. The first-order valence-corrected chi connectivity index (χ1v) is 7.77. The number of ether oxygens (including phenoxy) is 2. The molecule has 110 valence electrons. The first-order valence-electron chi connectivity index (χ1n) is 7.77. The topological polar surface area (TPSA) is 18.5 Å². The summed E-state index contributed by atoms with van der Waals surface area (Å²) in [6, 6.07) is 8.11. The van der Waals surface area contributed by atoms with Crippen molar-refractivity contribution in [1.82, 2.24) is 0 Å². The molecule has 1 aromatic carbocycles. The first-order chi connectivity index (χ1) is 9.69. The Morgan fingerprint density at radius 1 is 1.25 bits per heavy atom. The van der Waals surface area contributed by atoms with Gasteiger partial charge in [-0.05, 0) is 37.5 Å². The summed E-state index contributed by atoms with van der Waals surface area (Å²) in [5.74, 6) is 0.881. The number of allylic oxidation sites excluding steroid dienone is 1. The molecule has 2 rings (SSSR count). The molecule has 2 heteroatoms. The van der Waals surface area contributed by atoms with Crippen LogP contribution in [-0.4, -0.2) is 12.4 Å². The summed E-state index contributed by atoms with van der Waals surface area (Å²) < 4.78 is 12.1. The highest BCUT2D eigenvalue weighted by molar-refractivity contribution is 5.61. The molecule has 1 fully saturated rings. The van der Waals surface area contributed by atoms with Gasteiger partial charge in [-0.2, -0.15) is 0 Å². The second-order valence-corrected chi connectivity index (χ2v) is 5.68. The first kappa shape index (κ1) is 15.1. The van der Waals surface area contributed by atoms with Crippen molar-refractivity contribution in [2.45, 2.75) is 64.8 Å². The third kappa shape index (κ3) is 4.38. The fourth-order valence-corrected chi connectivity index (χ4v) is 2.60. The van der Waals surface area contributed by atoms with Crippen LogP contribution in [0.2, 0.25) is 0 Å². The lowest BCUT2D eigenvalue weighted by molar-refractivity contribution is -0.120. The van der Waals surface area contributed by atoms with Crippen LogP contribution in [0.15, 0.2) is 30.8 Å². The molecule has 0 spiro atoms. The molecule has 0 heterocycles. The van der Waals surface area contributed by atoms with Crippen molar-refractivity contribution in [3.05, 3.63) is 36.4 Å². The molecule has 0 aromatic heterocycles. The van der Waals surface area contributed by atoms with E-state index in [0.717, 1.165) is 29.7 Å². The Hall–Kier alpha value is -1.28. The molecule has 0 radical (unpaired) electrons. The molecule has 0 saturated heterocycles. The molecule has 0 amide bonds. The Kier molecular flexibility index (Phi) is 5.66. The van der Waals surface area contributed by atoms with Gasteiger partial charge < -0.3 is 9.47 Å². The van der Waals surface area contributed by atoms with Crippen molar-refractivity contribution in [3.63, 3.8) is 0 Å². The van der Waals surface area contributed by atoms with Crippen LogP contribution < -0.4 is 4.74 Å². The summed E-state index contributed by atoms with van der Waals surface area (Å²) in [5, 5.41) is 0. The smallest absolute Gasteiger partial charge is 0.200 e. The van der Waals surface area contributed by atoms with Crippen molar-refractivity contribution in [2.75, 3.05) is 0 Å². The largest absolute Gasteiger partial charge is 0.465 e. The molecule has 1 atom stereocenters. The average Bonchev–Trinajstić information content (AvgIpc) is 2.92. The predicted octanol–water partition coefficient (Wildman–Crippen LogP) is 5.18. The van der Waals surface area contributed by atoms with Gasteiger partial charge in [0.05, 0.1) is 6.10 Å². The fraction of sp³-hybridized carbons (Fsp3) is 0.556. The second kappa shape index (κ2) is 7.49. The lowest BCUT2D eigenvalue weighted by Crippen LogP contribution is -2.25. The van der Waals surface area contributed by atoms with E-state index in [1.54, 1.807) is 0 Å². The summed E-state index contributed by atoms with van der Waals surface area (Å²) in [6.07, 6.45) is 7.23. The van der Waals surface area contributed by atoms with Gasteiger partial charge in [0, 0.05) is 6.42 Å². The molecule has 0 N–H and O–H groups in total. The van der Waals surface area contributed by atoms with E-state index < -0.39 is 0 Å². The van der Waals surface area contributed by atoms with Crippen molar-refractivity contribution in [3.8, 4) is 5.75 Å².